The van der Waals surface area contributed by atoms with Crippen molar-refractivity contribution in [2.24, 2.45) is 5.41 Å². The van der Waals surface area contributed by atoms with Crippen LogP contribution in [0.25, 0.3) is 0 Å². The van der Waals surface area contributed by atoms with Gasteiger partial charge in [-0.05, 0) is 11.5 Å². The second-order valence-corrected chi connectivity index (χ2v) is 4.85. The lowest BCUT2D eigenvalue weighted by atomic mass is 9.94. The first-order valence-corrected chi connectivity index (χ1v) is 4.94. The first kappa shape index (κ1) is 11.2. The lowest BCUT2D eigenvalue weighted by molar-refractivity contribution is -0.156. The Balaban J connectivity index is 2.53. The predicted octanol–water partition coefficient (Wildman–Crippen LogP) is 1.66. The Morgan fingerprint density at radius 3 is 2.64 bits per heavy atom. The molecule has 1 heterocycles. The molecule has 0 aromatic carbocycles. The van der Waals surface area contributed by atoms with E-state index in [0.717, 1.165) is 0 Å². The highest BCUT2D eigenvalue weighted by atomic mass is 16.5. The third-order valence-corrected chi connectivity index (χ3v) is 2.00. The Labute approximate surface area is 84.8 Å². The minimum absolute atomic E-state index is 0.0782. The maximum Gasteiger partial charge on any atom is 0.309 e. The van der Waals surface area contributed by atoms with E-state index in [9.17, 15) is 9.90 Å². The van der Waals surface area contributed by atoms with E-state index in [-0.39, 0.29) is 23.9 Å². The number of aliphatic hydroxyl groups excluding tert-OH is 1. The quantitative estimate of drug-likeness (QED) is 0.515. The van der Waals surface area contributed by atoms with Gasteiger partial charge in [0.1, 0.15) is 6.10 Å². The molecule has 0 unspecified atom stereocenters. The number of ether oxygens (including phenoxy) is 1. The van der Waals surface area contributed by atoms with Gasteiger partial charge in [-0.1, -0.05) is 26.8 Å². The van der Waals surface area contributed by atoms with Gasteiger partial charge in [0.15, 0.2) is 0 Å². The van der Waals surface area contributed by atoms with Crippen LogP contribution in [0.2, 0.25) is 0 Å². The normalized spacial score (nSPS) is 29.3. The van der Waals surface area contributed by atoms with Crippen LogP contribution in [0.4, 0.5) is 0 Å². The van der Waals surface area contributed by atoms with Crippen molar-refractivity contribution in [3.8, 4) is 0 Å². The molecule has 80 valence electrons. The van der Waals surface area contributed by atoms with Crippen molar-refractivity contribution >= 4 is 5.97 Å². The van der Waals surface area contributed by atoms with Gasteiger partial charge < -0.3 is 9.84 Å². The average molecular weight is 198 g/mol. The van der Waals surface area contributed by atoms with E-state index in [4.69, 9.17) is 4.74 Å². The number of aliphatic hydroxyl groups is 1. The summed E-state index contributed by atoms with van der Waals surface area (Å²) >= 11 is 0. The number of carbonyl (C=O) groups excluding carboxylic acids is 1. The molecule has 1 saturated heterocycles. The zero-order valence-corrected chi connectivity index (χ0v) is 8.99. The highest BCUT2D eigenvalue weighted by Crippen LogP contribution is 2.20. The Kier molecular flexibility index (Phi) is 3.32. The van der Waals surface area contributed by atoms with Crippen molar-refractivity contribution < 1.29 is 14.6 Å². The summed E-state index contributed by atoms with van der Waals surface area (Å²) in [5.41, 5.74) is 0.0782. The van der Waals surface area contributed by atoms with Gasteiger partial charge in [0.05, 0.1) is 12.5 Å². The van der Waals surface area contributed by atoms with Crippen molar-refractivity contribution in [3.05, 3.63) is 12.2 Å². The topological polar surface area (TPSA) is 46.5 Å². The summed E-state index contributed by atoms with van der Waals surface area (Å²) in [6.07, 6.45) is 3.69. The second-order valence-electron chi connectivity index (χ2n) is 4.85. The lowest BCUT2D eigenvalue weighted by Gasteiger charge is -2.24. The molecule has 3 nitrogen and oxygen atoms in total. The van der Waals surface area contributed by atoms with Crippen LogP contribution in [0.15, 0.2) is 12.2 Å². The summed E-state index contributed by atoms with van der Waals surface area (Å²) in [5.74, 6) is -0.313. The van der Waals surface area contributed by atoms with E-state index >= 15 is 0 Å². The predicted molar refractivity (Wildman–Crippen MR) is 53.7 cm³/mol. The summed E-state index contributed by atoms with van der Waals surface area (Å²) in [6.45, 7) is 6.22. The maximum atomic E-state index is 11.0. The SMILES string of the molecule is CC(C)(C)C=C[C@@H]1C[C@@H](O)CC(=O)O1. The second kappa shape index (κ2) is 4.13. The van der Waals surface area contributed by atoms with Crippen LogP contribution in [-0.4, -0.2) is 23.3 Å². The van der Waals surface area contributed by atoms with Crippen molar-refractivity contribution in [3.63, 3.8) is 0 Å². The fraction of sp³-hybridized carbons (Fsp3) is 0.727. The van der Waals surface area contributed by atoms with Crippen molar-refractivity contribution in [1.29, 1.82) is 0 Å². The maximum absolute atomic E-state index is 11.0. The van der Waals surface area contributed by atoms with Crippen molar-refractivity contribution in [2.75, 3.05) is 0 Å². The molecule has 14 heavy (non-hydrogen) atoms. The van der Waals surface area contributed by atoms with Crippen LogP contribution in [0.5, 0.6) is 0 Å². The molecule has 1 aliphatic rings. The molecule has 0 spiro atoms. The average Bonchev–Trinajstić information content (AvgIpc) is 1.97. The number of carbonyl (C=O) groups is 1. The zero-order chi connectivity index (χ0) is 10.8. The number of cyclic esters (lactones) is 1. The molecule has 1 aliphatic heterocycles. The molecule has 0 amide bonds. The molecule has 1 fully saturated rings. The Hall–Kier alpha value is -0.830. The summed E-state index contributed by atoms with van der Waals surface area (Å²) in [4.78, 5) is 11.0. The molecule has 0 radical (unpaired) electrons. The minimum Gasteiger partial charge on any atom is -0.458 e. The summed E-state index contributed by atoms with van der Waals surface area (Å²) < 4.78 is 5.07. The monoisotopic (exact) mass is 198 g/mol. The molecule has 3 heteroatoms. The molecule has 2 atom stereocenters. The first-order valence-electron chi connectivity index (χ1n) is 4.94. The number of hydrogen-bond acceptors (Lipinski definition) is 3. The van der Waals surface area contributed by atoms with Crippen LogP contribution in [0.3, 0.4) is 0 Å². The number of rotatable bonds is 1. The van der Waals surface area contributed by atoms with Gasteiger partial charge in [-0.25, -0.2) is 0 Å². The largest absolute Gasteiger partial charge is 0.458 e. The third-order valence-electron chi connectivity index (χ3n) is 2.00. The van der Waals surface area contributed by atoms with E-state index in [1.54, 1.807) is 0 Å². The van der Waals surface area contributed by atoms with Gasteiger partial charge in [0.25, 0.3) is 0 Å². The van der Waals surface area contributed by atoms with Crippen LogP contribution in [0.1, 0.15) is 33.6 Å². The lowest BCUT2D eigenvalue weighted by Crippen LogP contribution is -2.31. The Morgan fingerprint density at radius 1 is 1.50 bits per heavy atom. The van der Waals surface area contributed by atoms with Crippen molar-refractivity contribution in [2.45, 2.75) is 45.8 Å². The molecule has 0 aliphatic carbocycles. The smallest absolute Gasteiger partial charge is 0.309 e. The van der Waals surface area contributed by atoms with E-state index in [1.807, 2.05) is 12.2 Å². The minimum atomic E-state index is -0.550. The van der Waals surface area contributed by atoms with Gasteiger partial charge in [-0.2, -0.15) is 0 Å². The van der Waals surface area contributed by atoms with Crippen LogP contribution >= 0.6 is 0 Å². The molecule has 0 bridgehead atoms. The molecule has 0 aromatic heterocycles. The van der Waals surface area contributed by atoms with Crippen molar-refractivity contribution in [1.82, 2.24) is 0 Å². The highest BCUT2D eigenvalue weighted by molar-refractivity contribution is 5.71. The molecular formula is C11H18O3. The Bertz CT molecular complexity index is 237. The van der Waals surface area contributed by atoms with Gasteiger partial charge in [-0.15, -0.1) is 0 Å². The fourth-order valence-corrected chi connectivity index (χ4v) is 1.32. The zero-order valence-electron chi connectivity index (χ0n) is 8.99. The van der Waals surface area contributed by atoms with Gasteiger partial charge in [0.2, 0.25) is 0 Å². The summed E-state index contributed by atoms with van der Waals surface area (Å²) in [6, 6.07) is 0. The molecule has 0 aromatic rings. The van der Waals surface area contributed by atoms with Gasteiger partial charge >= 0.3 is 5.97 Å². The highest BCUT2D eigenvalue weighted by Gasteiger charge is 2.25. The third kappa shape index (κ3) is 3.92. The number of allylic oxidation sites excluding steroid dienone is 1. The molecule has 1 N–H and O–H groups in total. The molecule has 1 rings (SSSR count). The summed E-state index contributed by atoms with van der Waals surface area (Å²) in [7, 11) is 0. The van der Waals surface area contributed by atoms with E-state index in [2.05, 4.69) is 20.8 Å². The van der Waals surface area contributed by atoms with E-state index < -0.39 is 6.10 Å². The number of hydrogen-bond donors (Lipinski definition) is 1. The van der Waals surface area contributed by atoms with E-state index in [0.29, 0.717) is 6.42 Å². The first-order chi connectivity index (χ1) is 6.37. The summed E-state index contributed by atoms with van der Waals surface area (Å²) in [5, 5.41) is 9.34. The Morgan fingerprint density at radius 2 is 2.14 bits per heavy atom. The van der Waals surface area contributed by atoms with Crippen LogP contribution in [0, 0.1) is 5.41 Å². The van der Waals surface area contributed by atoms with Crippen LogP contribution < -0.4 is 0 Å². The fourth-order valence-electron chi connectivity index (χ4n) is 1.32. The van der Waals surface area contributed by atoms with E-state index in [1.165, 1.54) is 0 Å². The molecular weight excluding hydrogens is 180 g/mol. The molecule has 0 saturated carbocycles. The standard InChI is InChI=1S/C11H18O3/c1-11(2,3)5-4-9-6-8(12)7-10(13)14-9/h4-5,8-9,12H,6-7H2,1-3H3/t8-,9-/m1/s1. The van der Waals surface area contributed by atoms with Gasteiger partial charge in [-0.3, -0.25) is 4.79 Å². The number of esters is 1. The van der Waals surface area contributed by atoms with Crippen LogP contribution in [-0.2, 0) is 9.53 Å². The van der Waals surface area contributed by atoms with Gasteiger partial charge in [0, 0.05) is 6.42 Å².